The number of hydrogen-bond acceptors (Lipinski definition) is 10. The molecule has 0 spiro atoms. The number of nitrogens with two attached hydrogens (primary N) is 1. The fraction of sp³-hybridized carbons (Fsp3) is 0.737. The first-order chi connectivity index (χ1) is 23.7. The SMILES string of the molecule is CC[C@@H](OC)Oc1cc(C[C@@H](C[C@H]2[C@H](C[C@H](C(=O)NCC(C)(C)C(N)=O)C(C)C)OCN2C(=O)OCOC(=O)C(C)(C)C)C(C)C)ccc1OC. The van der Waals surface area contributed by atoms with E-state index >= 15 is 0 Å². The first-order valence-electron chi connectivity index (χ1n) is 17.9. The Morgan fingerprint density at radius 2 is 1.65 bits per heavy atom. The Morgan fingerprint density at radius 1 is 0.980 bits per heavy atom. The van der Waals surface area contributed by atoms with E-state index in [1.807, 2.05) is 39.0 Å². The van der Waals surface area contributed by atoms with Crippen molar-refractivity contribution in [1.29, 1.82) is 0 Å². The molecule has 0 unspecified atom stereocenters. The maximum absolute atomic E-state index is 13.5. The second-order valence-corrected chi connectivity index (χ2v) is 15.8. The van der Waals surface area contributed by atoms with Gasteiger partial charge in [-0.2, -0.15) is 0 Å². The van der Waals surface area contributed by atoms with E-state index in [1.54, 1.807) is 48.8 Å². The molecule has 5 atom stereocenters. The molecule has 0 radical (unpaired) electrons. The monoisotopic (exact) mass is 721 g/mol. The van der Waals surface area contributed by atoms with Crippen LogP contribution in [0.2, 0.25) is 0 Å². The summed E-state index contributed by atoms with van der Waals surface area (Å²) in [5.74, 6) is -0.323. The van der Waals surface area contributed by atoms with Crippen LogP contribution < -0.4 is 20.5 Å². The van der Waals surface area contributed by atoms with Crippen LogP contribution in [0.5, 0.6) is 11.5 Å². The number of rotatable bonds is 19. The number of esters is 1. The number of nitrogens with zero attached hydrogens (tertiary/aromatic N) is 1. The third-order valence-corrected chi connectivity index (χ3v) is 9.54. The fourth-order valence-electron chi connectivity index (χ4n) is 5.75. The normalized spacial score (nSPS) is 18.3. The number of amides is 3. The third kappa shape index (κ3) is 12.9. The molecule has 13 nitrogen and oxygen atoms in total. The van der Waals surface area contributed by atoms with Gasteiger partial charge in [-0.15, -0.1) is 0 Å². The Bertz CT molecular complexity index is 1310. The molecule has 0 bridgehead atoms. The van der Waals surface area contributed by atoms with Crippen molar-refractivity contribution in [2.24, 2.45) is 40.2 Å². The number of hydrogen-bond donors (Lipinski definition) is 2. The molecule has 3 N–H and O–H groups in total. The van der Waals surface area contributed by atoms with Crippen LogP contribution in [0.3, 0.4) is 0 Å². The zero-order valence-corrected chi connectivity index (χ0v) is 32.8. The van der Waals surface area contributed by atoms with Crippen LogP contribution >= 0.6 is 0 Å². The van der Waals surface area contributed by atoms with Crippen LogP contribution in [0.4, 0.5) is 4.79 Å². The van der Waals surface area contributed by atoms with Crippen LogP contribution in [0.15, 0.2) is 18.2 Å². The summed E-state index contributed by atoms with van der Waals surface area (Å²) in [5.41, 5.74) is 4.88. The summed E-state index contributed by atoms with van der Waals surface area (Å²) in [5, 5.41) is 2.91. The lowest BCUT2D eigenvalue weighted by Crippen LogP contribution is -2.47. The van der Waals surface area contributed by atoms with Gasteiger partial charge in [0.15, 0.2) is 17.8 Å². The van der Waals surface area contributed by atoms with Crippen molar-refractivity contribution in [3.63, 3.8) is 0 Å². The highest BCUT2D eigenvalue weighted by atomic mass is 16.7. The van der Waals surface area contributed by atoms with Gasteiger partial charge in [0, 0.05) is 26.0 Å². The minimum Gasteiger partial charge on any atom is -0.493 e. The molecule has 51 heavy (non-hydrogen) atoms. The summed E-state index contributed by atoms with van der Waals surface area (Å²) in [4.78, 5) is 52.7. The van der Waals surface area contributed by atoms with E-state index in [4.69, 9.17) is 34.2 Å². The number of carbonyl (C=O) groups is 4. The first-order valence-corrected chi connectivity index (χ1v) is 17.9. The molecular formula is C38H63N3O10. The highest BCUT2D eigenvalue weighted by molar-refractivity contribution is 5.83. The summed E-state index contributed by atoms with van der Waals surface area (Å²) in [6.07, 6.45) is 0.578. The number of methoxy groups -OCH3 is 2. The van der Waals surface area contributed by atoms with E-state index in [9.17, 15) is 19.2 Å². The van der Waals surface area contributed by atoms with E-state index in [1.165, 1.54) is 4.90 Å². The molecule has 2 rings (SSSR count). The lowest BCUT2D eigenvalue weighted by molar-refractivity contribution is -0.162. The first kappa shape index (κ1) is 43.6. The number of carbonyl (C=O) groups excluding carboxylic acids is 4. The van der Waals surface area contributed by atoms with Crippen molar-refractivity contribution < 1.29 is 47.6 Å². The van der Waals surface area contributed by atoms with Crippen molar-refractivity contribution >= 4 is 23.9 Å². The van der Waals surface area contributed by atoms with Gasteiger partial charge in [0.2, 0.25) is 18.6 Å². The van der Waals surface area contributed by atoms with Crippen LogP contribution in [0.25, 0.3) is 0 Å². The van der Waals surface area contributed by atoms with Crippen molar-refractivity contribution in [2.45, 2.75) is 113 Å². The Balaban J connectivity index is 2.39. The summed E-state index contributed by atoms with van der Waals surface area (Å²) in [6, 6.07) is 5.38. The lowest BCUT2D eigenvalue weighted by atomic mass is 9.80. The average Bonchev–Trinajstić information content (AvgIpc) is 3.45. The third-order valence-electron chi connectivity index (χ3n) is 9.54. The average molecular weight is 722 g/mol. The van der Waals surface area contributed by atoms with Crippen LogP contribution in [0.1, 0.15) is 94.1 Å². The number of nitrogens with one attached hydrogen (secondary N) is 1. The molecule has 3 amide bonds. The molecule has 1 aromatic rings. The smallest absolute Gasteiger partial charge is 0.414 e. The number of primary amides is 1. The van der Waals surface area contributed by atoms with E-state index in [-0.39, 0.29) is 36.9 Å². The molecule has 13 heteroatoms. The quantitative estimate of drug-likeness (QED) is 0.135. The zero-order chi connectivity index (χ0) is 38.7. The highest BCUT2D eigenvalue weighted by Crippen LogP contribution is 2.36. The van der Waals surface area contributed by atoms with Crippen molar-refractivity contribution in [1.82, 2.24) is 10.2 Å². The molecule has 1 saturated heterocycles. The van der Waals surface area contributed by atoms with E-state index in [0.717, 1.165) is 5.56 Å². The number of ether oxygens (including phenoxy) is 6. The summed E-state index contributed by atoms with van der Waals surface area (Å²) >= 11 is 0. The van der Waals surface area contributed by atoms with Crippen molar-refractivity contribution in [3.05, 3.63) is 23.8 Å². The molecule has 0 aromatic heterocycles. The summed E-state index contributed by atoms with van der Waals surface area (Å²) < 4.78 is 34.0. The van der Waals surface area contributed by atoms with Crippen LogP contribution in [0, 0.1) is 34.5 Å². The van der Waals surface area contributed by atoms with Crippen molar-refractivity contribution in [3.8, 4) is 11.5 Å². The molecule has 0 aliphatic carbocycles. The fourth-order valence-corrected chi connectivity index (χ4v) is 5.75. The zero-order valence-electron chi connectivity index (χ0n) is 32.8. The Hall–Kier alpha value is -3.58. The van der Waals surface area contributed by atoms with E-state index < -0.39 is 59.9 Å². The second kappa shape index (κ2) is 19.3. The van der Waals surface area contributed by atoms with E-state index in [2.05, 4.69) is 19.2 Å². The van der Waals surface area contributed by atoms with Gasteiger partial charge in [-0.05, 0) is 89.3 Å². The number of benzene rings is 1. The van der Waals surface area contributed by atoms with Crippen molar-refractivity contribution in [2.75, 3.05) is 34.3 Å². The van der Waals surface area contributed by atoms with Crippen LogP contribution in [-0.4, -0.2) is 81.5 Å². The molecule has 290 valence electrons. The Kier molecular flexibility index (Phi) is 16.5. The molecule has 1 fully saturated rings. The maximum atomic E-state index is 13.5. The molecule has 1 aromatic carbocycles. The molecule has 1 aliphatic heterocycles. The highest BCUT2D eigenvalue weighted by Gasteiger charge is 2.43. The lowest BCUT2D eigenvalue weighted by Gasteiger charge is -2.33. The standard InChI is InChI=1S/C38H63N3O10/c1-13-32(47-12)51-31-17-25(14-15-29(31)46-11)16-26(23(2)3)18-28-30(19-27(24(4)5)33(42)40-20-38(9,10)34(39)43)48-21-41(28)36(45)50-22-49-35(44)37(6,7)8/h14-15,17,23-24,26-28,30,32H,13,16,18-22H2,1-12H3,(H2,39,43)(H,40,42)/t26-,27-,28-,30-,32-/m0/s1. The van der Waals surface area contributed by atoms with Gasteiger partial charge in [-0.1, -0.05) is 40.7 Å². The summed E-state index contributed by atoms with van der Waals surface area (Å²) in [7, 11) is 3.19. The Labute approximate surface area is 304 Å². The van der Waals surface area contributed by atoms with Gasteiger partial charge in [0.1, 0.15) is 6.73 Å². The van der Waals surface area contributed by atoms with Gasteiger partial charge in [-0.3, -0.25) is 19.3 Å². The molecular weight excluding hydrogens is 658 g/mol. The predicted octanol–water partition coefficient (Wildman–Crippen LogP) is 5.66. The predicted molar refractivity (Wildman–Crippen MR) is 193 cm³/mol. The van der Waals surface area contributed by atoms with Gasteiger partial charge in [-0.25, -0.2) is 4.79 Å². The van der Waals surface area contributed by atoms with Gasteiger partial charge >= 0.3 is 12.1 Å². The minimum atomic E-state index is -0.918. The largest absolute Gasteiger partial charge is 0.493 e. The van der Waals surface area contributed by atoms with Gasteiger partial charge in [0.25, 0.3) is 0 Å². The maximum Gasteiger partial charge on any atom is 0.414 e. The van der Waals surface area contributed by atoms with Gasteiger partial charge < -0.3 is 39.5 Å². The molecule has 0 saturated carbocycles. The Morgan fingerprint density at radius 3 is 2.18 bits per heavy atom. The van der Waals surface area contributed by atoms with E-state index in [0.29, 0.717) is 37.2 Å². The minimum absolute atomic E-state index is 0.0523. The van der Waals surface area contributed by atoms with Crippen LogP contribution in [-0.2, 0) is 39.8 Å². The second-order valence-electron chi connectivity index (χ2n) is 15.8. The van der Waals surface area contributed by atoms with Gasteiger partial charge in [0.05, 0.1) is 30.1 Å². The molecule has 1 aliphatic rings. The summed E-state index contributed by atoms with van der Waals surface area (Å²) in [6.45, 7) is 18.2. The molecule has 1 heterocycles. The topological polar surface area (TPSA) is 165 Å².